The number of carbonyl (C=O) groups excluding carboxylic acids is 3. The molecular weight excluding hydrogens is 364 g/mol. The van der Waals surface area contributed by atoms with Gasteiger partial charge in [0.15, 0.2) is 0 Å². The summed E-state index contributed by atoms with van der Waals surface area (Å²) in [5.74, 6) is 0.498. The van der Waals surface area contributed by atoms with Crippen molar-refractivity contribution in [3.8, 4) is 0 Å². The Hall–Kier alpha value is -2.16. The maximum absolute atomic E-state index is 12.4. The van der Waals surface area contributed by atoms with Crippen LogP contribution in [0, 0.1) is 0 Å². The van der Waals surface area contributed by atoms with Crippen molar-refractivity contribution in [3.05, 3.63) is 0 Å². The molecule has 0 radical (unpaired) electrons. The smallest absolute Gasteiger partial charge is 0.290 e. The van der Waals surface area contributed by atoms with E-state index in [0.717, 1.165) is 38.8 Å². The highest BCUT2D eigenvalue weighted by Crippen LogP contribution is 2.12. The second kappa shape index (κ2) is 13.1. The molecule has 0 unspecified atom stereocenters. The molecule has 0 aromatic carbocycles. The average molecular weight is 399 g/mol. The highest BCUT2D eigenvalue weighted by atomic mass is 16.3. The lowest BCUT2D eigenvalue weighted by molar-refractivity contribution is -0.135. The van der Waals surface area contributed by atoms with Crippen LogP contribution in [0.5, 0.6) is 0 Å². The summed E-state index contributed by atoms with van der Waals surface area (Å²) >= 11 is 0. The van der Waals surface area contributed by atoms with Gasteiger partial charge in [0.25, 0.3) is 6.47 Å². The zero-order chi connectivity index (χ0) is 20.9. The van der Waals surface area contributed by atoms with Crippen LogP contribution in [0.25, 0.3) is 0 Å². The number of nitrogens with zero attached hydrogens (tertiary/aromatic N) is 4. The number of rotatable bonds is 6. The normalized spacial score (nSPS) is 17.7. The highest BCUT2D eigenvalue weighted by Gasteiger charge is 2.23. The molecule has 2 aliphatic rings. The second-order valence-electron chi connectivity index (χ2n) is 7.40. The van der Waals surface area contributed by atoms with Gasteiger partial charge in [-0.2, -0.15) is 0 Å². The minimum atomic E-state index is -0.250. The largest absolute Gasteiger partial charge is 0.483 e. The maximum Gasteiger partial charge on any atom is 0.290 e. The quantitative estimate of drug-likeness (QED) is 0.637. The van der Waals surface area contributed by atoms with E-state index in [0.29, 0.717) is 45.6 Å². The first-order valence-corrected chi connectivity index (χ1v) is 9.95. The number of amides is 3. The van der Waals surface area contributed by atoms with Crippen molar-refractivity contribution in [1.29, 1.82) is 0 Å². The molecule has 3 amide bonds. The molecule has 0 bridgehead atoms. The maximum atomic E-state index is 12.4. The van der Waals surface area contributed by atoms with Crippen molar-refractivity contribution >= 4 is 24.2 Å². The zero-order valence-electron chi connectivity index (χ0n) is 17.1. The summed E-state index contributed by atoms with van der Waals surface area (Å²) in [7, 11) is 3.78. The molecular formula is C19H34N4O5. The summed E-state index contributed by atoms with van der Waals surface area (Å²) < 4.78 is 0. The average Bonchev–Trinajstić information content (AvgIpc) is 2.90. The summed E-state index contributed by atoms with van der Waals surface area (Å²) in [5.41, 5.74) is 0. The summed E-state index contributed by atoms with van der Waals surface area (Å²) in [6.45, 7) is 4.35. The predicted octanol–water partition coefficient (Wildman–Crippen LogP) is 0.102. The molecule has 0 saturated carbocycles. The third kappa shape index (κ3) is 8.69. The fourth-order valence-corrected chi connectivity index (χ4v) is 3.46. The Bertz CT molecular complexity index is 526. The summed E-state index contributed by atoms with van der Waals surface area (Å²) in [5, 5.41) is 6.89. The van der Waals surface area contributed by atoms with Gasteiger partial charge in [-0.3, -0.25) is 19.2 Å². The van der Waals surface area contributed by atoms with Crippen LogP contribution < -0.4 is 0 Å². The van der Waals surface area contributed by atoms with E-state index < -0.39 is 0 Å². The fourth-order valence-electron chi connectivity index (χ4n) is 3.46. The van der Waals surface area contributed by atoms with Crippen LogP contribution in [0.1, 0.15) is 38.5 Å². The van der Waals surface area contributed by atoms with Gasteiger partial charge in [-0.05, 0) is 39.8 Å². The lowest BCUT2D eigenvalue weighted by atomic mass is 10.1. The predicted molar refractivity (Wildman–Crippen MR) is 105 cm³/mol. The number of likely N-dealkylation sites (N-methyl/N-ethyl adjacent to an activating group) is 1. The molecule has 2 aliphatic heterocycles. The summed E-state index contributed by atoms with van der Waals surface area (Å²) in [6, 6.07) is 0. The summed E-state index contributed by atoms with van der Waals surface area (Å²) in [4.78, 5) is 52.2. The molecule has 9 nitrogen and oxygen atoms in total. The van der Waals surface area contributed by atoms with E-state index in [4.69, 9.17) is 9.90 Å². The van der Waals surface area contributed by atoms with E-state index >= 15 is 0 Å². The van der Waals surface area contributed by atoms with E-state index in [9.17, 15) is 14.4 Å². The van der Waals surface area contributed by atoms with Gasteiger partial charge < -0.3 is 24.7 Å². The second-order valence-corrected chi connectivity index (χ2v) is 7.40. The molecule has 0 aromatic rings. The van der Waals surface area contributed by atoms with Crippen molar-refractivity contribution in [2.45, 2.75) is 38.5 Å². The Kier molecular flexibility index (Phi) is 11.2. The first-order valence-electron chi connectivity index (χ1n) is 9.95. The van der Waals surface area contributed by atoms with Crippen molar-refractivity contribution < 1.29 is 24.3 Å². The fraction of sp³-hybridized carbons (Fsp3) is 0.789. The molecule has 2 heterocycles. The third-order valence-electron chi connectivity index (χ3n) is 4.89. The molecule has 0 atom stereocenters. The van der Waals surface area contributed by atoms with Crippen LogP contribution in [0.3, 0.4) is 0 Å². The number of piperidine rings is 1. The first-order chi connectivity index (χ1) is 13.4. The van der Waals surface area contributed by atoms with Gasteiger partial charge in [0.2, 0.25) is 17.7 Å². The summed E-state index contributed by atoms with van der Waals surface area (Å²) in [6.07, 6.45) is 4.75. The molecule has 1 N–H and O–H groups in total. The molecule has 160 valence electrons. The van der Waals surface area contributed by atoms with Crippen LogP contribution in [0.2, 0.25) is 0 Å². The Labute approximate surface area is 167 Å². The van der Waals surface area contributed by atoms with E-state index in [1.807, 2.05) is 33.7 Å². The van der Waals surface area contributed by atoms with Crippen molar-refractivity contribution in [2.75, 3.05) is 59.9 Å². The van der Waals surface area contributed by atoms with Crippen molar-refractivity contribution in [3.63, 3.8) is 0 Å². The van der Waals surface area contributed by atoms with Gasteiger partial charge in [0.1, 0.15) is 0 Å². The van der Waals surface area contributed by atoms with Gasteiger partial charge in [-0.25, -0.2) is 0 Å². The highest BCUT2D eigenvalue weighted by molar-refractivity contribution is 5.79. The lowest BCUT2D eigenvalue weighted by Gasteiger charge is -2.27. The lowest BCUT2D eigenvalue weighted by Crippen LogP contribution is -2.41. The Morgan fingerprint density at radius 3 is 2.18 bits per heavy atom. The first kappa shape index (κ1) is 23.9. The Morgan fingerprint density at radius 1 is 1.00 bits per heavy atom. The van der Waals surface area contributed by atoms with E-state index in [1.165, 1.54) is 0 Å². The molecule has 2 saturated heterocycles. The molecule has 2 fully saturated rings. The third-order valence-corrected chi connectivity index (χ3v) is 4.89. The van der Waals surface area contributed by atoms with Crippen LogP contribution in [0.15, 0.2) is 0 Å². The number of hydrogen-bond acceptors (Lipinski definition) is 5. The molecule has 2 rings (SSSR count). The Morgan fingerprint density at radius 2 is 1.61 bits per heavy atom. The van der Waals surface area contributed by atoms with Crippen LogP contribution in [-0.2, 0) is 19.2 Å². The number of likely N-dealkylation sites (tertiary alicyclic amines) is 1. The SMILES string of the molecule is CN(C)CC(=O)N1CCCN(C(=O)CCCN2CCCCC2=O)CC1.O=CO. The molecule has 0 aliphatic carbocycles. The molecule has 9 heteroatoms. The van der Waals surface area contributed by atoms with E-state index in [-0.39, 0.29) is 24.2 Å². The minimum absolute atomic E-state index is 0.128. The number of carbonyl (C=O) groups is 4. The van der Waals surface area contributed by atoms with E-state index in [1.54, 1.807) is 0 Å². The van der Waals surface area contributed by atoms with Crippen molar-refractivity contribution in [1.82, 2.24) is 19.6 Å². The monoisotopic (exact) mass is 398 g/mol. The van der Waals surface area contributed by atoms with Crippen LogP contribution >= 0.6 is 0 Å². The molecule has 28 heavy (non-hydrogen) atoms. The topological polar surface area (TPSA) is 101 Å². The standard InChI is InChI=1S/C18H32N4O3.CH2O2/c1-19(2)15-18(25)22-12-6-11-21(13-14-22)17(24)8-5-10-20-9-4-3-7-16(20)23;2-1-3/h3-15H2,1-2H3;1H,(H,2,3). The number of hydrogen-bond donors (Lipinski definition) is 1. The van der Waals surface area contributed by atoms with Gasteiger partial charge in [-0.15, -0.1) is 0 Å². The van der Waals surface area contributed by atoms with Gasteiger partial charge in [0.05, 0.1) is 6.54 Å². The van der Waals surface area contributed by atoms with Gasteiger partial charge in [-0.1, -0.05) is 0 Å². The van der Waals surface area contributed by atoms with Crippen molar-refractivity contribution in [2.24, 2.45) is 0 Å². The molecule has 0 aromatic heterocycles. The van der Waals surface area contributed by atoms with Gasteiger partial charge >= 0.3 is 0 Å². The Balaban J connectivity index is 0.00000122. The van der Waals surface area contributed by atoms with Gasteiger partial charge in [0, 0.05) is 52.1 Å². The molecule has 0 spiro atoms. The van der Waals surface area contributed by atoms with E-state index in [2.05, 4.69) is 0 Å². The van der Waals surface area contributed by atoms with Crippen LogP contribution in [0.4, 0.5) is 0 Å². The van der Waals surface area contributed by atoms with Crippen LogP contribution in [-0.4, -0.2) is 109 Å². The minimum Gasteiger partial charge on any atom is -0.483 e. The number of carboxylic acid groups (broad SMARTS) is 1. The zero-order valence-corrected chi connectivity index (χ0v) is 17.1.